The van der Waals surface area contributed by atoms with Gasteiger partial charge in [0.25, 0.3) is 10.0 Å². The molecule has 3 rings (SSSR count). The van der Waals surface area contributed by atoms with Crippen LogP contribution in [0.5, 0.6) is 11.5 Å². The summed E-state index contributed by atoms with van der Waals surface area (Å²) in [4.78, 5) is 28.7. The van der Waals surface area contributed by atoms with E-state index in [0.717, 1.165) is 26.6 Å². The van der Waals surface area contributed by atoms with E-state index in [2.05, 4.69) is 5.32 Å². The first kappa shape index (κ1) is 33.5. The Morgan fingerprint density at radius 2 is 1.42 bits per heavy atom. The van der Waals surface area contributed by atoms with Gasteiger partial charge in [-0.25, -0.2) is 8.42 Å². The summed E-state index contributed by atoms with van der Waals surface area (Å²) < 4.78 is 40.2. The average molecular weight is 610 g/mol. The number of rotatable bonds is 13. The SMILES string of the molecule is COc1ccc(S(=O)(=O)N(CC(=O)N(Cc2ccc(C)cc2)C(C)C(=O)NCC(C)C)c2cc(C)cc(C)c2)cc1OC. The smallest absolute Gasteiger partial charge is 0.264 e. The molecule has 0 saturated carbocycles. The molecule has 1 N–H and O–H groups in total. The molecule has 2 amide bonds. The molecule has 0 aliphatic carbocycles. The Morgan fingerprint density at radius 1 is 0.814 bits per heavy atom. The number of carbonyl (C=O) groups excluding carboxylic acids is 2. The molecule has 43 heavy (non-hydrogen) atoms. The lowest BCUT2D eigenvalue weighted by Crippen LogP contribution is -2.51. The Morgan fingerprint density at radius 3 is 1.98 bits per heavy atom. The van der Waals surface area contributed by atoms with Gasteiger partial charge in [-0.15, -0.1) is 0 Å². The van der Waals surface area contributed by atoms with Crippen molar-refractivity contribution >= 4 is 27.5 Å². The molecule has 3 aromatic carbocycles. The molecule has 0 fully saturated rings. The molecule has 0 aromatic heterocycles. The van der Waals surface area contributed by atoms with Crippen LogP contribution in [0.4, 0.5) is 5.69 Å². The first-order valence-corrected chi connectivity index (χ1v) is 15.7. The number of hydrogen-bond acceptors (Lipinski definition) is 6. The zero-order valence-corrected chi connectivity index (χ0v) is 27.1. The van der Waals surface area contributed by atoms with Gasteiger partial charge in [0.1, 0.15) is 12.6 Å². The average Bonchev–Trinajstić information content (AvgIpc) is 2.96. The predicted molar refractivity (Wildman–Crippen MR) is 169 cm³/mol. The number of sulfonamides is 1. The highest BCUT2D eigenvalue weighted by atomic mass is 32.2. The Labute approximate surface area is 255 Å². The van der Waals surface area contributed by atoms with Crippen molar-refractivity contribution in [3.63, 3.8) is 0 Å². The minimum Gasteiger partial charge on any atom is -0.493 e. The lowest BCUT2D eigenvalue weighted by Gasteiger charge is -2.32. The summed E-state index contributed by atoms with van der Waals surface area (Å²) in [6.07, 6.45) is 0. The van der Waals surface area contributed by atoms with E-state index >= 15 is 0 Å². The van der Waals surface area contributed by atoms with E-state index in [0.29, 0.717) is 18.0 Å². The van der Waals surface area contributed by atoms with Crippen LogP contribution < -0.4 is 19.1 Å². The summed E-state index contributed by atoms with van der Waals surface area (Å²) >= 11 is 0. The van der Waals surface area contributed by atoms with E-state index in [1.165, 1.54) is 37.3 Å². The van der Waals surface area contributed by atoms with Crippen LogP contribution in [0.15, 0.2) is 65.6 Å². The maximum Gasteiger partial charge on any atom is 0.264 e. The molecule has 0 saturated heterocycles. The van der Waals surface area contributed by atoms with Crippen LogP contribution >= 0.6 is 0 Å². The molecule has 0 spiro atoms. The van der Waals surface area contributed by atoms with Crippen LogP contribution in [0.25, 0.3) is 0 Å². The topological polar surface area (TPSA) is 105 Å². The molecule has 232 valence electrons. The highest BCUT2D eigenvalue weighted by molar-refractivity contribution is 7.92. The Balaban J connectivity index is 2.09. The summed E-state index contributed by atoms with van der Waals surface area (Å²) in [6, 6.07) is 16.5. The van der Waals surface area contributed by atoms with Crippen molar-refractivity contribution in [1.29, 1.82) is 0 Å². The van der Waals surface area contributed by atoms with Crippen LogP contribution in [-0.4, -0.2) is 58.5 Å². The first-order valence-electron chi connectivity index (χ1n) is 14.2. The van der Waals surface area contributed by atoms with Crippen LogP contribution in [-0.2, 0) is 26.2 Å². The lowest BCUT2D eigenvalue weighted by atomic mass is 10.1. The quantitative estimate of drug-likeness (QED) is 0.292. The van der Waals surface area contributed by atoms with E-state index in [4.69, 9.17) is 9.47 Å². The third-order valence-corrected chi connectivity index (χ3v) is 8.81. The highest BCUT2D eigenvalue weighted by Crippen LogP contribution is 2.33. The molecular formula is C33H43N3O6S. The fourth-order valence-corrected chi connectivity index (χ4v) is 6.07. The minimum atomic E-state index is -4.27. The summed E-state index contributed by atoms with van der Waals surface area (Å²) in [5.74, 6) is 0.0163. The molecule has 0 aliphatic heterocycles. The van der Waals surface area contributed by atoms with E-state index in [1.54, 1.807) is 19.1 Å². The summed E-state index contributed by atoms with van der Waals surface area (Å²) in [5, 5.41) is 2.90. The zero-order chi connectivity index (χ0) is 31.9. The molecule has 0 bridgehead atoms. The van der Waals surface area contributed by atoms with Crippen LogP contribution in [0, 0.1) is 26.7 Å². The Kier molecular flexibility index (Phi) is 11.2. The van der Waals surface area contributed by atoms with E-state index in [9.17, 15) is 18.0 Å². The van der Waals surface area contributed by atoms with Crippen molar-refractivity contribution in [2.45, 2.75) is 59.0 Å². The van der Waals surface area contributed by atoms with Gasteiger partial charge in [-0.05, 0) is 74.6 Å². The van der Waals surface area contributed by atoms with Gasteiger partial charge in [0.2, 0.25) is 11.8 Å². The molecule has 1 atom stereocenters. The second-order valence-electron chi connectivity index (χ2n) is 11.2. The largest absolute Gasteiger partial charge is 0.493 e. The normalized spacial score (nSPS) is 12.0. The van der Waals surface area contributed by atoms with Gasteiger partial charge in [0.05, 0.1) is 24.8 Å². The van der Waals surface area contributed by atoms with E-state index in [1.807, 2.05) is 65.0 Å². The van der Waals surface area contributed by atoms with E-state index in [-0.39, 0.29) is 29.0 Å². The monoisotopic (exact) mass is 609 g/mol. The predicted octanol–water partition coefficient (Wildman–Crippen LogP) is 5.01. The first-order chi connectivity index (χ1) is 20.3. The van der Waals surface area contributed by atoms with Crippen LogP contribution in [0.1, 0.15) is 43.0 Å². The Hall–Kier alpha value is -4.05. The fourth-order valence-electron chi connectivity index (χ4n) is 4.65. The summed E-state index contributed by atoms with van der Waals surface area (Å²) in [7, 11) is -1.38. The maximum atomic E-state index is 14.2. The molecule has 3 aromatic rings. The van der Waals surface area contributed by atoms with Gasteiger partial charge in [-0.1, -0.05) is 49.7 Å². The van der Waals surface area contributed by atoms with Crippen molar-refractivity contribution in [2.75, 3.05) is 31.6 Å². The number of amides is 2. The number of carbonyl (C=O) groups is 2. The zero-order valence-electron chi connectivity index (χ0n) is 26.3. The van der Waals surface area contributed by atoms with Gasteiger partial charge < -0.3 is 19.7 Å². The lowest BCUT2D eigenvalue weighted by molar-refractivity contribution is -0.139. The van der Waals surface area contributed by atoms with Crippen molar-refractivity contribution < 1.29 is 27.5 Å². The van der Waals surface area contributed by atoms with Crippen molar-refractivity contribution in [1.82, 2.24) is 10.2 Å². The molecule has 1 unspecified atom stereocenters. The van der Waals surface area contributed by atoms with Crippen molar-refractivity contribution in [3.05, 3.63) is 82.9 Å². The number of ether oxygens (including phenoxy) is 2. The number of nitrogens with one attached hydrogen (secondary N) is 1. The third-order valence-electron chi connectivity index (χ3n) is 7.04. The second-order valence-corrected chi connectivity index (χ2v) is 13.1. The van der Waals surface area contributed by atoms with Crippen LogP contribution in [0.2, 0.25) is 0 Å². The van der Waals surface area contributed by atoms with Gasteiger partial charge >= 0.3 is 0 Å². The third kappa shape index (κ3) is 8.50. The minimum absolute atomic E-state index is 0.0649. The van der Waals surface area contributed by atoms with Crippen molar-refractivity contribution in [3.8, 4) is 11.5 Å². The highest BCUT2D eigenvalue weighted by Gasteiger charge is 2.33. The maximum absolute atomic E-state index is 14.2. The molecular weight excluding hydrogens is 566 g/mol. The number of hydrogen-bond donors (Lipinski definition) is 1. The summed E-state index contributed by atoms with van der Waals surface area (Å²) in [5.41, 5.74) is 3.91. The van der Waals surface area contributed by atoms with Crippen LogP contribution in [0.3, 0.4) is 0 Å². The number of anilines is 1. The van der Waals surface area contributed by atoms with Crippen molar-refractivity contribution in [2.24, 2.45) is 5.92 Å². The van der Waals surface area contributed by atoms with Gasteiger partial charge in [-0.2, -0.15) is 0 Å². The van der Waals surface area contributed by atoms with Gasteiger partial charge in [0, 0.05) is 19.2 Å². The number of nitrogens with zero attached hydrogens (tertiary/aromatic N) is 2. The number of methoxy groups -OCH3 is 2. The molecule has 0 heterocycles. The molecule has 0 aliphatic rings. The second kappa shape index (κ2) is 14.4. The number of benzene rings is 3. The summed E-state index contributed by atoms with van der Waals surface area (Å²) in [6.45, 7) is 11.4. The molecule has 0 radical (unpaired) electrons. The van der Waals surface area contributed by atoms with E-state index < -0.39 is 28.5 Å². The van der Waals surface area contributed by atoms with Gasteiger partial charge in [-0.3, -0.25) is 13.9 Å². The number of aryl methyl sites for hydroxylation is 3. The standard InChI is InChI=1S/C33H43N3O6S/c1-22(2)19-34-33(38)26(6)35(20-27-11-9-23(3)10-12-27)32(37)21-36(28-16-24(4)15-25(5)17-28)43(39,40)29-13-14-30(41-7)31(18-29)42-8/h9-18,22,26H,19-21H2,1-8H3,(H,34,38). The molecule has 10 heteroatoms. The van der Waals surface area contributed by atoms with Gasteiger partial charge in [0.15, 0.2) is 11.5 Å². The molecule has 9 nitrogen and oxygen atoms in total. The fraction of sp³-hybridized carbons (Fsp3) is 0.394. The Bertz CT molecular complexity index is 1520.